The smallest absolute Gasteiger partial charge is 0.163 e. The van der Waals surface area contributed by atoms with Gasteiger partial charge in [0.05, 0.1) is 23.8 Å². The Morgan fingerprint density at radius 3 is 2.17 bits per heavy atom. The Bertz CT molecular complexity index is 1260. The van der Waals surface area contributed by atoms with Crippen molar-refractivity contribution in [2.24, 2.45) is 0 Å². The minimum atomic E-state index is 0.373. The highest BCUT2D eigenvalue weighted by atomic mass is 35.5. The van der Waals surface area contributed by atoms with Crippen LogP contribution in [-0.4, -0.2) is 50.6 Å². The van der Waals surface area contributed by atoms with Crippen LogP contribution in [0.3, 0.4) is 0 Å². The van der Waals surface area contributed by atoms with Crippen molar-refractivity contribution in [3.8, 4) is 23.0 Å². The minimum absolute atomic E-state index is 0.373. The lowest BCUT2D eigenvalue weighted by Crippen LogP contribution is -2.09. The molecule has 0 fully saturated rings. The van der Waals surface area contributed by atoms with E-state index in [1.807, 2.05) is 54.6 Å². The highest BCUT2D eigenvalue weighted by molar-refractivity contribution is 6.32. The average Bonchev–Trinajstić information content (AvgIpc) is 2.87. The molecule has 4 aromatic rings. The average molecular weight is 496 g/mol. The lowest BCUT2D eigenvalue weighted by Gasteiger charge is -2.15. The van der Waals surface area contributed by atoms with Crippen molar-refractivity contribution in [2.45, 2.75) is 0 Å². The largest absolute Gasteiger partial charge is 0.487 e. The van der Waals surface area contributed by atoms with Crippen molar-refractivity contribution < 1.29 is 23.7 Å². The molecule has 0 atom stereocenters. The van der Waals surface area contributed by atoms with Gasteiger partial charge in [-0.2, -0.15) is 0 Å². The maximum atomic E-state index is 6.48. The van der Waals surface area contributed by atoms with Crippen LogP contribution in [0.4, 0.5) is 11.5 Å². The van der Waals surface area contributed by atoms with E-state index in [0.717, 1.165) is 11.1 Å². The van der Waals surface area contributed by atoms with E-state index >= 15 is 0 Å². The van der Waals surface area contributed by atoms with E-state index in [-0.39, 0.29) is 0 Å². The Morgan fingerprint density at radius 1 is 0.771 bits per heavy atom. The lowest BCUT2D eigenvalue weighted by atomic mass is 10.2. The fourth-order valence-corrected chi connectivity index (χ4v) is 3.49. The van der Waals surface area contributed by atoms with E-state index in [1.165, 1.54) is 6.33 Å². The molecule has 1 heterocycles. The highest BCUT2D eigenvalue weighted by Gasteiger charge is 2.14. The van der Waals surface area contributed by atoms with Crippen LogP contribution in [0, 0.1) is 0 Å². The molecule has 1 aromatic heterocycles. The van der Waals surface area contributed by atoms with Crippen molar-refractivity contribution >= 4 is 34.0 Å². The summed E-state index contributed by atoms with van der Waals surface area (Å²) >= 11 is 6.48. The topological polar surface area (TPSA) is 84.0 Å². The van der Waals surface area contributed by atoms with E-state index < -0.39 is 0 Å². The van der Waals surface area contributed by atoms with Gasteiger partial charge in [0.25, 0.3) is 0 Å². The van der Waals surface area contributed by atoms with Crippen molar-refractivity contribution in [3.63, 3.8) is 0 Å². The van der Waals surface area contributed by atoms with E-state index in [2.05, 4.69) is 15.3 Å². The Balaban J connectivity index is 1.59. The van der Waals surface area contributed by atoms with Crippen molar-refractivity contribution in [1.29, 1.82) is 0 Å². The first-order chi connectivity index (χ1) is 17.2. The van der Waals surface area contributed by atoms with Gasteiger partial charge in [-0.15, -0.1) is 0 Å². The number of para-hydroxylation sites is 1. The Kier molecular flexibility index (Phi) is 8.56. The Hall–Kier alpha value is -3.59. The van der Waals surface area contributed by atoms with Crippen LogP contribution in [0.5, 0.6) is 23.0 Å². The molecule has 0 aliphatic rings. The van der Waals surface area contributed by atoms with Crippen LogP contribution < -0.4 is 19.5 Å². The third-order valence-electron chi connectivity index (χ3n) is 4.96. The second-order valence-corrected chi connectivity index (χ2v) is 7.81. The number of aromatic nitrogens is 2. The van der Waals surface area contributed by atoms with E-state index in [9.17, 15) is 0 Å². The molecule has 0 saturated carbocycles. The molecule has 35 heavy (non-hydrogen) atoms. The summed E-state index contributed by atoms with van der Waals surface area (Å²) in [6.45, 7) is 1.66. The summed E-state index contributed by atoms with van der Waals surface area (Å²) < 4.78 is 27.8. The molecular formula is C26H26ClN3O5. The van der Waals surface area contributed by atoms with Gasteiger partial charge in [-0.3, -0.25) is 0 Å². The molecular weight excluding hydrogens is 470 g/mol. The monoisotopic (exact) mass is 495 g/mol. The van der Waals surface area contributed by atoms with Gasteiger partial charge in [-0.1, -0.05) is 29.8 Å². The summed E-state index contributed by atoms with van der Waals surface area (Å²) in [6.07, 6.45) is 1.49. The highest BCUT2D eigenvalue weighted by Crippen LogP contribution is 2.36. The molecule has 3 aromatic carbocycles. The Labute approximate surface area is 208 Å². The zero-order valence-electron chi connectivity index (χ0n) is 19.5. The number of anilines is 2. The first kappa shape index (κ1) is 24.5. The van der Waals surface area contributed by atoms with Gasteiger partial charge >= 0.3 is 0 Å². The van der Waals surface area contributed by atoms with Gasteiger partial charge in [0.2, 0.25) is 0 Å². The van der Waals surface area contributed by atoms with Gasteiger partial charge in [-0.05, 0) is 36.4 Å². The molecule has 0 aliphatic heterocycles. The van der Waals surface area contributed by atoms with E-state index in [4.69, 9.17) is 35.3 Å². The Morgan fingerprint density at radius 2 is 1.49 bits per heavy atom. The quantitative estimate of drug-likeness (QED) is 0.244. The van der Waals surface area contributed by atoms with E-state index in [0.29, 0.717) is 65.8 Å². The summed E-state index contributed by atoms with van der Waals surface area (Å²) in [6, 6.07) is 18.6. The third-order valence-corrected chi connectivity index (χ3v) is 5.25. The van der Waals surface area contributed by atoms with Gasteiger partial charge in [-0.25, -0.2) is 9.97 Å². The number of nitrogens with one attached hydrogen (secondary N) is 1. The molecule has 4 rings (SSSR count). The number of rotatable bonds is 12. The van der Waals surface area contributed by atoms with Crippen molar-refractivity contribution in [1.82, 2.24) is 9.97 Å². The zero-order chi connectivity index (χ0) is 24.5. The molecule has 1 N–H and O–H groups in total. The maximum absolute atomic E-state index is 6.48. The van der Waals surface area contributed by atoms with Gasteiger partial charge in [0.15, 0.2) is 11.5 Å². The molecule has 8 nitrogen and oxygen atoms in total. The SMILES string of the molecule is COCCOc1cc2ncnc(Nc3ccc(Oc4ccccc4)c(Cl)c3)c2cc1OCCOC. The fraction of sp³-hybridized carbons (Fsp3) is 0.231. The van der Waals surface area contributed by atoms with Crippen molar-refractivity contribution in [2.75, 3.05) is 46.0 Å². The summed E-state index contributed by atoms with van der Waals surface area (Å²) in [5.74, 6) is 3.00. The van der Waals surface area contributed by atoms with Crippen LogP contribution in [0.1, 0.15) is 0 Å². The number of nitrogens with zero attached hydrogens (tertiary/aromatic N) is 2. The van der Waals surface area contributed by atoms with Crippen LogP contribution in [0.25, 0.3) is 10.9 Å². The summed E-state index contributed by atoms with van der Waals surface area (Å²) in [4.78, 5) is 8.83. The number of hydrogen-bond acceptors (Lipinski definition) is 8. The molecule has 0 radical (unpaired) electrons. The third kappa shape index (κ3) is 6.51. The molecule has 9 heteroatoms. The second-order valence-electron chi connectivity index (χ2n) is 7.41. The number of benzene rings is 3. The normalized spacial score (nSPS) is 10.8. The lowest BCUT2D eigenvalue weighted by molar-refractivity contribution is 0.132. The molecule has 0 bridgehead atoms. The second kappa shape index (κ2) is 12.2. The van der Waals surface area contributed by atoms with Crippen LogP contribution in [-0.2, 0) is 9.47 Å². The predicted molar refractivity (Wildman–Crippen MR) is 136 cm³/mol. The number of methoxy groups -OCH3 is 2. The maximum Gasteiger partial charge on any atom is 0.163 e. The van der Waals surface area contributed by atoms with Crippen molar-refractivity contribution in [3.05, 3.63) is 72.0 Å². The van der Waals surface area contributed by atoms with Crippen LogP contribution in [0.15, 0.2) is 67.0 Å². The molecule has 0 amide bonds. The number of halogens is 1. The summed E-state index contributed by atoms with van der Waals surface area (Å²) in [5, 5.41) is 4.54. The molecule has 0 spiro atoms. The van der Waals surface area contributed by atoms with Gasteiger partial charge < -0.3 is 29.0 Å². The fourth-order valence-electron chi connectivity index (χ4n) is 3.27. The standard InChI is InChI=1S/C26H26ClN3O5/c1-31-10-12-33-24-15-20-22(16-25(24)34-13-11-32-2)28-17-29-26(20)30-18-8-9-23(21(27)14-18)35-19-6-4-3-5-7-19/h3-9,14-17H,10-13H2,1-2H3,(H,28,29,30). The summed E-state index contributed by atoms with van der Waals surface area (Å²) in [5.41, 5.74) is 1.45. The summed E-state index contributed by atoms with van der Waals surface area (Å²) in [7, 11) is 3.24. The molecule has 0 unspecified atom stereocenters. The number of ether oxygens (including phenoxy) is 5. The number of hydrogen-bond donors (Lipinski definition) is 1. The van der Waals surface area contributed by atoms with E-state index in [1.54, 1.807) is 20.3 Å². The number of fused-ring (bicyclic) bond motifs is 1. The molecule has 182 valence electrons. The van der Waals surface area contributed by atoms with Crippen LogP contribution in [0.2, 0.25) is 5.02 Å². The molecule has 0 saturated heterocycles. The molecule has 0 aliphatic carbocycles. The van der Waals surface area contributed by atoms with Gasteiger partial charge in [0, 0.05) is 31.4 Å². The first-order valence-electron chi connectivity index (χ1n) is 11.0. The van der Waals surface area contributed by atoms with Crippen LogP contribution >= 0.6 is 11.6 Å². The van der Waals surface area contributed by atoms with Gasteiger partial charge in [0.1, 0.15) is 36.9 Å². The predicted octanol–water partition coefficient (Wildman–Crippen LogP) is 5.87. The first-order valence-corrected chi connectivity index (χ1v) is 11.4. The minimum Gasteiger partial charge on any atom is -0.487 e. The zero-order valence-corrected chi connectivity index (χ0v) is 20.2.